The first-order chi connectivity index (χ1) is 8.09. The summed E-state index contributed by atoms with van der Waals surface area (Å²) >= 11 is 1.46. The van der Waals surface area contributed by atoms with Crippen molar-refractivity contribution in [2.45, 2.75) is 36.9 Å². The number of hydrogen-bond donors (Lipinski definition) is 2. The van der Waals surface area contributed by atoms with Gasteiger partial charge < -0.3 is 10.7 Å². The zero-order chi connectivity index (χ0) is 12.7. The monoisotopic (exact) mass is 252 g/mol. The van der Waals surface area contributed by atoms with Crippen LogP contribution in [0.1, 0.15) is 26.2 Å². The number of aromatic amines is 1. The molecule has 0 fully saturated rings. The molecule has 5 nitrogen and oxygen atoms in total. The Labute approximate surface area is 104 Å². The summed E-state index contributed by atoms with van der Waals surface area (Å²) in [6.45, 7) is 1.91. The maximum absolute atomic E-state index is 11.0. The van der Waals surface area contributed by atoms with Gasteiger partial charge in [0.2, 0.25) is 0 Å². The Bertz CT molecular complexity index is 453. The molecule has 0 aliphatic carbocycles. The molecule has 0 amide bonds. The lowest BCUT2D eigenvalue weighted by molar-refractivity contribution is 0.478. The molecule has 1 aromatic rings. The summed E-state index contributed by atoms with van der Waals surface area (Å²) in [4.78, 5) is 17.7. The van der Waals surface area contributed by atoms with Crippen molar-refractivity contribution in [2.75, 3.05) is 5.75 Å². The first-order valence-corrected chi connectivity index (χ1v) is 6.46. The van der Waals surface area contributed by atoms with Crippen molar-refractivity contribution >= 4 is 11.8 Å². The molecule has 0 radical (unpaired) electrons. The molecule has 1 heterocycles. The predicted molar refractivity (Wildman–Crippen MR) is 67.6 cm³/mol. The Hall–Kier alpha value is -1.32. The van der Waals surface area contributed by atoms with Crippen LogP contribution < -0.4 is 11.3 Å². The fourth-order valence-electron chi connectivity index (χ4n) is 1.29. The van der Waals surface area contributed by atoms with Gasteiger partial charge in [0, 0.05) is 18.0 Å². The van der Waals surface area contributed by atoms with E-state index in [9.17, 15) is 4.79 Å². The van der Waals surface area contributed by atoms with Crippen molar-refractivity contribution in [3.8, 4) is 6.07 Å². The fourth-order valence-corrected chi connectivity index (χ4v) is 2.08. The maximum atomic E-state index is 11.0. The fraction of sp³-hybridized carbons (Fsp3) is 0.545. The van der Waals surface area contributed by atoms with Gasteiger partial charge in [0.15, 0.2) is 5.16 Å². The van der Waals surface area contributed by atoms with Crippen LogP contribution in [0.4, 0.5) is 0 Å². The van der Waals surface area contributed by atoms with Gasteiger partial charge in [-0.3, -0.25) is 4.79 Å². The van der Waals surface area contributed by atoms with Crippen LogP contribution in [0.25, 0.3) is 0 Å². The predicted octanol–water partition coefficient (Wildman–Crippen LogP) is 1.27. The molecular formula is C11H16N4OS. The van der Waals surface area contributed by atoms with Crippen LogP contribution in [-0.4, -0.2) is 21.3 Å². The molecule has 0 saturated carbocycles. The number of H-pyrrole nitrogens is 1. The molecule has 0 aromatic carbocycles. The van der Waals surface area contributed by atoms with Gasteiger partial charge in [0.05, 0.1) is 6.07 Å². The van der Waals surface area contributed by atoms with Gasteiger partial charge in [-0.15, -0.1) is 0 Å². The van der Waals surface area contributed by atoms with Gasteiger partial charge in [-0.05, 0) is 19.3 Å². The maximum Gasteiger partial charge on any atom is 0.251 e. The van der Waals surface area contributed by atoms with Gasteiger partial charge in [-0.25, -0.2) is 4.98 Å². The molecule has 1 atom stereocenters. The molecule has 1 rings (SSSR count). The number of thioether (sulfide) groups is 1. The van der Waals surface area contributed by atoms with Crippen LogP contribution in [0, 0.1) is 11.3 Å². The highest BCUT2D eigenvalue weighted by atomic mass is 32.2. The average Bonchev–Trinajstić information content (AvgIpc) is 2.34. The molecule has 92 valence electrons. The second kappa shape index (κ2) is 6.42. The van der Waals surface area contributed by atoms with Gasteiger partial charge in [-0.1, -0.05) is 18.7 Å². The molecule has 0 saturated heterocycles. The van der Waals surface area contributed by atoms with Crippen LogP contribution >= 0.6 is 11.8 Å². The lowest BCUT2D eigenvalue weighted by atomic mass is 9.94. The Morgan fingerprint density at radius 3 is 3.06 bits per heavy atom. The van der Waals surface area contributed by atoms with Crippen molar-refractivity contribution in [2.24, 2.45) is 5.73 Å². The van der Waals surface area contributed by atoms with Crippen molar-refractivity contribution in [3.63, 3.8) is 0 Å². The number of hydrogen-bond acceptors (Lipinski definition) is 5. The standard InChI is InChI=1S/C11H16N4OS/c1-2-11(13,8-12)5-3-7-17-10-14-6-4-9(16)15-10/h4,6H,2-3,5,7,13H2,1H3,(H,14,15,16). The normalized spacial score (nSPS) is 13.9. The van der Waals surface area contributed by atoms with E-state index in [1.54, 1.807) is 0 Å². The lowest BCUT2D eigenvalue weighted by Crippen LogP contribution is -2.37. The summed E-state index contributed by atoms with van der Waals surface area (Å²) in [5, 5.41) is 9.50. The third-order valence-electron chi connectivity index (χ3n) is 2.51. The van der Waals surface area contributed by atoms with Gasteiger partial charge in [0.1, 0.15) is 5.54 Å². The number of nitrogens with zero attached hydrogens (tertiary/aromatic N) is 2. The Morgan fingerprint density at radius 1 is 1.71 bits per heavy atom. The average molecular weight is 252 g/mol. The lowest BCUT2D eigenvalue weighted by Gasteiger charge is -2.18. The van der Waals surface area contributed by atoms with E-state index in [2.05, 4.69) is 16.0 Å². The summed E-state index contributed by atoms with van der Waals surface area (Å²) in [5.74, 6) is 0.785. The topological polar surface area (TPSA) is 95.6 Å². The summed E-state index contributed by atoms with van der Waals surface area (Å²) in [7, 11) is 0. The minimum Gasteiger partial charge on any atom is -0.313 e. The Morgan fingerprint density at radius 2 is 2.47 bits per heavy atom. The van der Waals surface area contributed by atoms with E-state index in [1.165, 1.54) is 24.0 Å². The van der Waals surface area contributed by atoms with E-state index >= 15 is 0 Å². The smallest absolute Gasteiger partial charge is 0.251 e. The quantitative estimate of drug-likeness (QED) is 0.451. The number of nitrogens with one attached hydrogen (secondary N) is 1. The van der Waals surface area contributed by atoms with Crippen LogP contribution in [0.5, 0.6) is 0 Å². The summed E-state index contributed by atoms with van der Waals surface area (Å²) in [6.07, 6.45) is 3.61. The van der Waals surface area contributed by atoms with Gasteiger partial charge in [-0.2, -0.15) is 5.26 Å². The zero-order valence-corrected chi connectivity index (χ0v) is 10.6. The van der Waals surface area contributed by atoms with Gasteiger partial charge >= 0.3 is 0 Å². The SMILES string of the molecule is CCC(N)(C#N)CCCSc1nccc(=O)[nH]1. The molecule has 0 aliphatic heterocycles. The van der Waals surface area contributed by atoms with E-state index in [1.807, 2.05) is 6.92 Å². The summed E-state index contributed by atoms with van der Waals surface area (Å²) in [6, 6.07) is 3.51. The van der Waals surface area contributed by atoms with E-state index in [0.717, 1.165) is 12.2 Å². The van der Waals surface area contributed by atoms with E-state index in [4.69, 9.17) is 11.0 Å². The first kappa shape index (κ1) is 13.7. The van der Waals surface area contributed by atoms with Gasteiger partial charge in [0.25, 0.3) is 5.56 Å². The summed E-state index contributed by atoms with van der Waals surface area (Å²) in [5.41, 5.74) is 4.98. The molecule has 6 heteroatoms. The van der Waals surface area contributed by atoms with Crippen LogP contribution in [0.3, 0.4) is 0 Å². The molecule has 17 heavy (non-hydrogen) atoms. The number of nitriles is 1. The third-order valence-corrected chi connectivity index (χ3v) is 3.48. The highest BCUT2D eigenvalue weighted by Crippen LogP contribution is 2.17. The second-order valence-electron chi connectivity index (χ2n) is 3.81. The molecule has 0 spiro atoms. The molecule has 1 unspecified atom stereocenters. The minimum absolute atomic E-state index is 0.152. The van der Waals surface area contributed by atoms with Crippen molar-refractivity contribution in [1.29, 1.82) is 5.26 Å². The van der Waals surface area contributed by atoms with E-state index in [0.29, 0.717) is 18.0 Å². The van der Waals surface area contributed by atoms with Crippen LogP contribution in [0.2, 0.25) is 0 Å². The first-order valence-electron chi connectivity index (χ1n) is 5.48. The number of rotatable bonds is 6. The largest absolute Gasteiger partial charge is 0.313 e. The van der Waals surface area contributed by atoms with E-state index < -0.39 is 5.54 Å². The van der Waals surface area contributed by atoms with E-state index in [-0.39, 0.29) is 5.56 Å². The summed E-state index contributed by atoms with van der Waals surface area (Å²) < 4.78 is 0. The van der Waals surface area contributed by atoms with Crippen LogP contribution in [-0.2, 0) is 0 Å². The third kappa shape index (κ3) is 4.59. The minimum atomic E-state index is -0.724. The highest BCUT2D eigenvalue weighted by Gasteiger charge is 2.20. The van der Waals surface area contributed by atoms with Crippen molar-refractivity contribution < 1.29 is 0 Å². The molecule has 1 aromatic heterocycles. The Balaban J connectivity index is 2.35. The molecule has 0 aliphatic rings. The second-order valence-corrected chi connectivity index (χ2v) is 4.90. The number of nitrogens with two attached hydrogens (primary N) is 1. The van der Waals surface area contributed by atoms with Crippen molar-refractivity contribution in [3.05, 3.63) is 22.6 Å². The number of aromatic nitrogens is 2. The highest BCUT2D eigenvalue weighted by molar-refractivity contribution is 7.99. The van der Waals surface area contributed by atoms with Crippen LogP contribution in [0.15, 0.2) is 22.2 Å². The zero-order valence-electron chi connectivity index (χ0n) is 9.77. The molecule has 0 bridgehead atoms. The Kier molecular flexibility index (Phi) is 5.19. The molecule has 3 N–H and O–H groups in total. The van der Waals surface area contributed by atoms with Crippen molar-refractivity contribution in [1.82, 2.24) is 9.97 Å². The molecular weight excluding hydrogens is 236 g/mol.